The third-order valence-electron chi connectivity index (χ3n) is 5.65. The molecule has 0 radical (unpaired) electrons. The summed E-state index contributed by atoms with van der Waals surface area (Å²) in [6.45, 7) is 2.77. The van der Waals surface area contributed by atoms with Crippen molar-refractivity contribution in [3.63, 3.8) is 0 Å². The van der Waals surface area contributed by atoms with Crippen molar-refractivity contribution in [2.45, 2.75) is 68.6 Å². The van der Waals surface area contributed by atoms with Crippen molar-refractivity contribution in [1.29, 1.82) is 0 Å². The lowest BCUT2D eigenvalue weighted by molar-refractivity contribution is 0.0876. The molecule has 0 aromatic rings. The van der Waals surface area contributed by atoms with E-state index in [4.69, 9.17) is 0 Å². The zero-order chi connectivity index (χ0) is 14.2. The monoisotopic (exact) mass is 281 g/mol. The quantitative estimate of drug-likeness (QED) is 0.790. The van der Waals surface area contributed by atoms with E-state index in [0.717, 1.165) is 12.8 Å². The minimum absolute atomic E-state index is 0.0247. The summed E-state index contributed by atoms with van der Waals surface area (Å²) in [5, 5.41) is 13.6. The largest absolute Gasteiger partial charge is 0.394 e. The summed E-state index contributed by atoms with van der Waals surface area (Å²) in [5.74, 6) is 0. The van der Waals surface area contributed by atoms with Gasteiger partial charge >= 0.3 is 0 Å². The Balaban J connectivity index is 1.58. The van der Waals surface area contributed by atoms with Crippen LogP contribution in [0.15, 0.2) is 0 Å². The van der Waals surface area contributed by atoms with Crippen molar-refractivity contribution in [2.75, 3.05) is 33.8 Å². The van der Waals surface area contributed by atoms with Crippen LogP contribution in [0.2, 0.25) is 0 Å². The third-order valence-corrected chi connectivity index (χ3v) is 5.65. The van der Waals surface area contributed by atoms with Gasteiger partial charge in [0.25, 0.3) is 0 Å². The molecule has 0 aromatic carbocycles. The van der Waals surface area contributed by atoms with Crippen LogP contribution in [0.4, 0.5) is 0 Å². The summed E-state index contributed by atoms with van der Waals surface area (Å²) in [6.07, 6.45) is 8.80. The van der Waals surface area contributed by atoms with Crippen LogP contribution in [0.1, 0.15) is 44.9 Å². The lowest BCUT2D eigenvalue weighted by Crippen LogP contribution is -2.51. The first-order valence-electron chi connectivity index (χ1n) is 8.41. The van der Waals surface area contributed by atoms with Crippen LogP contribution in [0.25, 0.3) is 0 Å². The van der Waals surface area contributed by atoms with E-state index in [1.54, 1.807) is 0 Å². The number of aliphatic hydroxyl groups excluding tert-OH is 1. The number of hydrogen-bond donors (Lipinski definition) is 2. The zero-order valence-corrected chi connectivity index (χ0v) is 13.1. The molecule has 2 saturated carbocycles. The van der Waals surface area contributed by atoms with Crippen molar-refractivity contribution >= 4 is 0 Å². The maximum atomic E-state index is 9.86. The summed E-state index contributed by atoms with van der Waals surface area (Å²) in [6, 6.07) is 2.08. The first kappa shape index (κ1) is 14.8. The maximum Gasteiger partial charge on any atom is 0.0614 e. The second-order valence-electron chi connectivity index (χ2n) is 7.51. The number of likely N-dealkylation sites (tertiary alicyclic amines) is 1. The second-order valence-corrected chi connectivity index (χ2v) is 7.51. The number of rotatable bonds is 5. The summed E-state index contributed by atoms with van der Waals surface area (Å²) < 4.78 is 0. The Labute approximate surface area is 123 Å². The maximum absolute atomic E-state index is 9.86. The van der Waals surface area contributed by atoms with Crippen molar-refractivity contribution in [3.05, 3.63) is 0 Å². The van der Waals surface area contributed by atoms with Crippen LogP contribution in [0.3, 0.4) is 0 Å². The molecule has 4 nitrogen and oxygen atoms in total. The Bertz CT molecular complexity index is 332. The molecule has 0 bridgehead atoms. The first-order chi connectivity index (χ1) is 9.62. The molecular weight excluding hydrogens is 250 g/mol. The third kappa shape index (κ3) is 3.19. The molecule has 2 N–H and O–H groups in total. The van der Waals surface area contributed by atoms with E-state index in [9.17, 15) is 5.11 Å². The molecule has 3 rings (SSSR count). The minimum atomic E-state index is 0.0247. The van der Waals surface area contributed by atoms with Gasteiger partial charge in [-0.1, -0.05) is 0 Å². The molecule has 20 heavy (non-hydrogen) atoms. The van der Waals surface area contributed by atoms with Crippen molar-refractivity contribution in [2.24, 2.45) is 0 Å². The second kappa shape index (κ2) is 5.91. The fourth-order valence-electron chi connectivity index (χ4n) is 4.13. The van der Waals surface area contributed by atoms with Gasteiger partial charge in [0.1, 0.15) is 0 Å². The topological polar surface area (TPSA) is 38.7 Å². The molecule has 3 fully saturated rings. The van der Waals surface area contributed by atoms with E-state index >= 15 is 0 Å². The van der Waals surface area contributed by atoms with Crippen molar-refractivity contribution in [3.8, 4) is 0 Å². The van der Waals surface area contributed by atoms with E-state index in [1.807, 2.05) is 0 Å². The number of piperidine rings is 1. The van der Waals surface area contributed by atoms with Crippen LogP contribution in [-0.2, 0) is 0 Å². The molecule has 0 aromatic heterocycles. The molecule has 3 atom stereocenters. The van der Waals surface area contributed by atoms with Gasteiger partial charge in [-0.15, -0.1) is 0 Å². The molecular formula is C16H31N3O. The summed E-state index contributed by atoms with van der Waals surface area (Å²) in [4.78, 5) is 5.07. The van der Waals surface area contributed by atoms with Gasteiger partial charge in [0.2, 0.25) is 0 Å². The number of nitrogens with one attached hydrogen (secondary N) is 1. The fourth-order valence-corrected chi connectivity index (χ4v) is 4.13. The molecule has 3 unspecified atom stereocenters. The average molecular weight is 281 g/mol. The Kier molecular flexibility index (Phi) is 4.37. The Morgan fingerprint density at radius 3 is 2.70 bits per heavy atom. The number of likely N-dealkylation sites (N-methyl/N-ethyl adjacent to an activating group) is 1. The van der Waals surface area contributed by atoms with E-state index in [2.05, 4.69) is 29.2 Å². The first-order valence-corrected chi connectivity index (χ1v) is 8.41. The standard InChI is InChI=1S/C16H31N3O/c1-18(2)15-4-3-9-19(11-15)14-7-8-16(10-14,12-20)17-13-5-6-13/h13-15,17,20H,3-12H2,1-2H3. The predicted molar refractivity (Wildman–Crippen MR) is 81.9 cm³/mol. The summed E-state index contributed by atoms with van der Waals surface area (Å²) in [7, 11) is 4.41. The lowest BCUT2D eigenvalue weighted by Gasteiger charge is -2.40. The van der Waals surface area contributed by atoms with Gasteiger partial charge in [0.05, 0.1) is 6.61 Å². The number of hydrogen-bond acceptors (Lipinski definition) is 4. The molecule has 1 saturated heterocycles. The van der Waals surface area contributed by atoms with Crippen LogP contribution in [0.5, 0.6) is 0 Å². The van der Waals surface area contributed by atoms with E-state index in [-0.39, 0.29) is 5.54 Å². The van der Waals surface area contributed by atoms with E-state index in [1.165, 1.54) is 45.2 Å². The molecule has 4 heteroatoms. The van der Waals surface area contributed by atoms with E-state index < -0.39 is 0 Å². The minimum Gasteiger partial charge on any atom is -0.394 e. The molecule has 0 spiro atoms. The summed E-state index contributed by atoms with van der Waals surface area (Å²) in [5.41, 5.74) is 0.0247. The Hall–Kier alpha value is -0.160. The Morgan fingerprint density at radius 2 is 2.05 bits per heavy atom. The van der Waals surface area contributed by atoms with Gasteiger partial charge in [0.15, 0.2) is 0 Å². The summed E-state index contributed by atoms with van der Waals surface area (Å²) >= 11 is 0. The van der Waals surface area contributed by atoms with Crippen molar-refractivity contribution in [1.82, 2.24) is 15.1 Å². The highest BCUT2D eigenvalue weighted by Crippen LogP contribution is 2.37. The fraction of sp³-hybridized carbons (Fsp3) is 1.00. The molecule has 1 heterocycles. The smallest absolute Gasteiger partial charge is 0.0614 e. The van der Waals surface area contributed by atoms with E-state index in [0.29, 0.717) is 24.7 Å². The van der Waals surface area contributed by atoms with Gasteiger partial charge < -0.3 is 15.3 Å². The van der Waals surface area contributed by atoms with Gasteiger partial charge in [-0.05, 0) is 65.6 Å². The highest BCUT2D eigenvalue weighted by molar-refractivity contribution is 5.03. The van der Waals surface area contributed by atoms with Crippen molar-refractivity contribution < 1.29 is 5.11 Å². The Morgan fingerprint density at radius 1 is 1.25 bits per heavy atom. The SMILES string of the molecule is CN(C)C1CCCN(C2CCC(CO)(NC3CC3)C2)C1. The molecule has 1 aliphatic heterocycles. The molecule has 0 amide bonds. The van der Waals surface area contributed by atoms with Crippen LogP contribution in [0, 0.1) is 0 Å². The molecule has 116 valence electrons. The van der Waals surface area contributed by atoms with Gasteiger partial charge in [-0.3, -0.25) is 4.90 Å². The van der Waals surface area contributed by atoms with Gasteiger partial charge in [-0.2, -0.15) is 0 Å². The van der Waals surface area contributed by atoms with Crippen LogP contribution in [-0.4, -0.2) is 72.4 Å². The number of nitrogens with zero attached hydrogens (tertiary/aromatic N) is 2. The highest BCUT2D eigenvalue weighted by Gasteiger charge is 2.44. The lowest BCUT2D eigenvalue weighted by atomic mass is 9.97. The van der Waals surface area contributed by atoms with Gasteiger partial charge in [0, 0.05) is 30.2 Å². The highest BCUT2D eigenvalue weighted by atomic mass is 16.3. The molecule has 2 aliphatic carbocycles. The number of aliphatic hydroxyl groups is 1. The van der Waals surface area contributed by atoms with Crippen LogP contribution < -0.4 is 5.32 Å². The zero-order valence-electron chi connectivity index (χ0n) is 13.1. The molecule has 3 aliphatic rings. The average Bonchev–Trinajstić information content (AvgIpc) is 3.16. The normalized spacial score (nSPS) is 39.6. The predicted octanol–water partition coefficient (Wildman–Crippen LogP) is 1.05. The van der Waals surface area contributed by atoms with Crippen LogP contribution >= 0.6 is 0 Å². The van der Waals surface area contributed by atoms with Gasteiger partial charge in [-0.25, -0.2) is 0 Å².